The normalized spacial score (nSPS) is 28.4. The molecule has 10 heteroatoms. The van der Waals surface area contributed by atoms with Crippen molar-refractivity contribution in [1.82, 2.24) is 10.6 Å². The van der Waals surface area contributed by atoms with Crippen LogP contribution in [0.4, 0.5) is 13.2 Å². The summed E-state index contributed by atoms with van der Waals surface area (Å²) in [5, 5.41) is 16.6. The van der Waals surface area contributed by atoms with Crippen LogP contribution in [0, 0.1) is 5.82 Å². The van der Waals surface area contributed by atoms with Crippen LogP contribution in [0.15, 0.2) is 41.5 Å². The largest absolute Gasteiger partial charge is 0.484 e. The second-order valence-electron chi connectivity index (χ2n) is 8.90. The highest BCUT2D eigenvalue weighted by atomic mass is 35.5. The zero-order valence-corrected chi connectivity index (χ0v) is 18.4. The average Bonchev–Trinajstić information content (AvgIpc) is 3.27. The number of nitrogens with one attached hydrogen (secondary N) is 2. The van der Waals surface area contributed by atoms with Crippen LogP contribution < -0.4 is 15.4 Å². The van der Waals surface area contributed by atoms with Crippen LogP contribution in [0.3, 0.4) is 0 Å². The summed E-state index contributed by atoms with van der Waals surface area (Å²) in [4.78, 5) is 25.1. The lowest BCUT2D eigenvalue weighted by atomic mass is 9.59. The highest BCUT2D eigenvalue weighted by Crippen LogP contribution is 2.47. The topological polar surface area (TPSA) is 87.7 Å². The lowest BCUT2D eigenvalue weighted by Gasteiger charge is -2.56. The highest BCUT2D eigenvalue weighted by molar-refractivity contribution is 6.30. The maximum atomic E-state index is 13.5. The monoisotopic (exact) mass is 484 g/mol. The molecule has 0 aromatic heterocycles. The summed E-state index contributed by atoms with van der Waals surface area (Å²) in [6.07, 6.45) is 1.38. The maximum Gasteiger partial charge on any atom is 0.263 e. The van der Waals surface area contributed by atoms with Crippen LogP contribution in [0.5, 0.6) is 5.75 Å². The zero-order chi connectivity index (χ0) is 23.8. The number of rotatable bonds is 7. The molecule has 0 aliphatic heterocycles. The molecule has 0 spiro atoms. The van der Waals surface area contributed by atoms with E-state index in [1.54, 1.807) is 0 Å². The van der Waals surface area contributed by atoms with Crippen molar-refractivity contribution in [2.24, 2.45) is 0 Å². The quantitative estimate of drug-likeness (QED) is 0.553. The van der Waals surface area contributed by atoms with E-state index in [1.165, 1.54) is 24.3 Å². The predicted octanol–water partition coefficient (Wildman–Crippen LogP) is 3.43. The number of fused-ring (bicyclic) bond motifs is 3. The van der Waals surface area contributed by atoms with E-state index in [1.807, 2.05) is 0 Å². The van der Waals surface area contributed by atoms with Gasteiger partial charge in [-0.05, 0) is 56.7 Å². The van der Waals surface area contributed by atoms with Gasteiger partial charge in [-0.3, -0.25) is 9.59 Å². The fourth-order valence-corrected chi connectivity index (χ4v) is 4.99. The van der Waals surface area contributed by atoms with Crippen molar-refractivity contribution in [3.05, 3.63) is 52.3 Å². The molecule has 3 fully saturated rings. The van der Waals surface area contributed by atoms with Gasteiger partial charge in [-0.2, -0.15) is 0 Å². The van der Waals surface area contributed by atoms with Crippen LogP contribution in [0.25, 0.3) is 0 Å². The van der Waals surface area contributed by atoms with Crippen LogP contribution >= 0.6 is 11.6 Å². The van der Waals surface area contributed by atoms with E-state index in [-0.39, 0.29) is 41.4 Å². The number of amides is 2. The van der Waals surface area contributed by atoms with Crippen LogP contribution in [-0.4, -0.2) is 47.1 Å². The molecule has 1 aromatic rings. The molecule has 4 aliphatic carbocycles. The number of alkyl halides is 2. The number of carbonyl (C=O) groups is 2. The summed E-state index contributed by atoms with van der Waals surface area (Å²) in [7, 11) is 0. The molecule has 1 atom stereocenters. The zero-order valence-electron chi connectivity index (χ0n) is 17.7. The van der Waals surface area contributed by atoms with Gasteiger partial charge in [0.25, 0.3) is 12.3 Å². The smallest absolute Gasteiger partial charge is 0.263 e. The SMILES string of the molecule is O=C(COc1ccc(Cl)c(F)c1)NC12CCC(NC(=O)C3=CC(C(F)F)=CC3)(CC1)C[C@@H]2O. The number of aliphatic hydroxyl groups is 1. The van der Waals surface area contributed by atoms with Crippen LogP contribution in [0.2, 0.25) is 5.02 Å². The molecule has 6 nitrogen and oxygen atoms in total. The van der Waals surface area contributed by atoms with Crippen molar-refractivity contribution >= 4 is 23.4 Å². The van der Waals surface area contributed by atoms with E-state index in [2.05, 4.69) is 10.6 Å². The van der Waals surface area contributed by atoms with Crippen molar-refractivity contribution < 1.29 is 32.6 Å². The number of allylic oxidation sites excluding steroid dienone is 3. The molecular weight excluding hydrogens is 461 g/mol. The minimum atomic E-state index is -2.62. The Morgan fingerprint density at radius 2 is 1.94 bits per heavy atom. The fourth-order valence-electron chi connectivity index (χ4n) is 4.87. The van der Waals surface area contributed by atoms with Gasteiger partial charge in [-0.1, -0.05) is 17.7 Å². The minimum absolute atomic E-state index is 0.0521. The summed E-state index contributed by atoms with van der Waals surface area (Å²) in [5.74, 6) is -1.36. The molecule has 178 valence electrons. The number of aliphatic hydroxyl groups excluding tert-OH is 1. The van der Waals surface area contributed by atoms with E-state index < -0.39 is 41.2 Å². The molecule has 0 unspecified atom stereocenters. The Bertz CT molecular complexity index is 1020. The van der Waals surface area contributed by atoms with Gasteiger partial charge in [-0.25, -0.2) is 13.2 Å². The lowest BCUT2D eigenvalue weighted by Crippen LogP contribution is -2.70. The molecule has 2 bridgehead atoms. The van der Waals surface area contributed by atoms with Gasteiger partial charge in [-0.15, -0.1) is 0 Å². The molecule has 5 rings (SSSR count). The van der Waals surface area contributed by atoms with E-state index in [0.717, 1.165) is 6.07 Å². The number of benzene rings is 1. The van der Waals surface area contributed by atoms with E-state index in [0.29, 0.717) is 25.7 Å². The molecule has 3 saturated carbocycles. The number of hydrogen-bond donors (Lipinski definition) is 3. The van der Waals surface area contributed by atoms with Gasteiger partial charge in [0.15, 0.2) is 6.61 Å². The fraction of sp³-hybridized carbons (Fsp3) is 0.478. The summed E-state index contributed by atoms with van der Waals surface area (Å²) in [5.41, 5.74) is -1.36. The Balaban J connectivity index is 1.32. The molecule has 33 heavy (non-hydrogen) atoms. The highest BCUT2D eigenvalue weighted by Gasteiger charge is 2.55. The third-order valence-electron chi connectivity index (χ3n) is 6.79. The molecule has 4 aliphatic rings. The van der Waals surface area contributed by atoms with Crippen LogP contribution in [-0.2, 0) is 9.59 Å². The molecule has 1 aromatic carbocycles. The Morgan fingerprint density at radius 1 is 1.21 bits per heavy atom. The van der Waals surface area contributed by atoms with E-state index >= 15 is 0 Å². The van der Waals surface area contributed by atoms with Gasteiger partial charge in [0.05, 0.1) is 16.7 Å². The number of ether oxygens (including phenoxy) is 1. The van der Waals surface area contributed by atoms with Crippen LogP contribution in [0.1, 0.15) is 38.5 Å². The lowest BCUT2D eigenvalue weighted by molar-refractivity contribution is -0.135. The molecule has 0 heterocycles. The van der Waals surface area contributed by atoms with Crippen molar-refractivity contribution in [2.45, 2.75) is 62.1 Å². The summed E-state index contributed by atoms with van der Waals surface area (Å²) >= 11 is 5.63. The average molecular weight is 485 g/mol. The van der Waals surface area contributed by atoms with Crippen molar-refractivity contribution in [1.29, 1.82) is 0 Å². The summed E-state index contributed by atoms with van der Waals surface area (Å²) in [6, 6.07) is 3.86. The molecule has 3 N–H and O–H groups in total. The first kappa shape index (κ1) is 23.6. The van der Waals surface area contributed by atoms with E-state index in [4.69, 9.17) is 16.3 Å². The van der Waals surface area contributed by atoms with Gasteiger partial charge in [0, 0.05) is 22.8 Å². The third kappa shape index (κ3) is 4.89. The van der Waals surface area contributed by atoms with Gasteiger partial charge in [0.2, 0.25) is 5.91 Å². The Labute approximate surface area is 193 Å². The number of hydrogen-bond acceptors (Lipinski definition) is 4. The Hall–Kier alpha value is -2.52. The summed E-state index contributed by atoms with van der Waals surface area (Å²) < 4.78 is 44.5. The second-order valence-corrected chi connectivity index (χ2v) is 9.31. The van der Waals surface area contributed by atoms with Crippen molar-refractivity contribution in [3.8, 4) is 5.75 Å². The Morgan fingerprint density at radius 3 is 2.55 bits per heavy atom. The second kappa shape index (κ2) is 9.02. The first-order valence-corrected chi connectivity index (χ1v) is 11.1. The molecular formula is C23H24ClF3N2O4. The summed E-state index contributed by atoms with van der Waals surface area (Å²) in [6.45, 7) is -0.356. The predicted molar refractivity (Wildman–Crippen MR) is 115 cm³/mol. The number of halogens is 4. The maximum absolute atomic E-state index is 13.5. The standard InChI is InChI=1S/C23H24ClF3N2O4/c24-16-4-3-15(10-17(16)25)33-12-19(31)28-23-7-5-22(6-8-23,11-18(23)30)29-21(32)14-2-1-13(9-14)20(26)27/h1,3-4,9-10,18,20,30H,2,5-8,11-12H2,(H,28,31)(H,29,32)/t18-,22?,23?/m0/s1. The first-order valence-electron chi connectivity index (χ1n) is 10.7. The van der Waals surface area contributed by atoms with Gasteiger partial charge in [0.1, 0.15) is 11.6 Å². The Kier molecular flexibility index (Phi) is 6.46. The van der Waals surface area contributed by atoms with Crippen molar-refractivity contribution in [2.75, 3.05) is 6.61 Å². The van der Waals surface area contributed by atoms with Gasteiger partial charge >= 0.3 is 0 Å². The molecule has 0 radical (unpaired) electrons. The number of carbonyl (C=O) groups excluding carboxylic acids is 2. The van der Waals surface area contributed by atoms with Gasteiger partial charge < -0.3 is 20.5 Å². The van der Waals surface area contributed by atoms with Crippen molar-refractivity contribution in [3.63, 3.8) is 0 Å². The molecule has 2 amide bonds. The minimum Gasteiger partial charge on any atom is -0.484 e. The first-order chi connectivity index (χ1) is 15.6. The molecule has 0 saturated heterocycles. The van der Waals surface area contributed by atoms with E-state index in [9.17, 15) is 27.9 Å². The third-order valence-corrected chi connectivity index (χ3v) is 7.10.